The number of carbonyl (C=O) groups excluding carboxylic acids is 1. The predicted molar refractivity (Wildman–Crippen MR) is 76.2 cm³/mol. The van der Waals surface area contributed by atoms with E-state index in [0.29, 0.717) is 16.5 Å². The van der Waals surface area contributed by atoms with Crippen molar-refractivity contribution in [3.8, 4) is 0 Å². The van der Waals surface area contributed by atoms with Crippen LogP contribution >= 0.6 is 0 Å². The van der Waals surface area contributed by atoms with Crippen LogP contribution < -0.4 is 5.32 Å². The van der Waals surface area contributed by atoms with Gasteiger partial charge in [-0.05, 0) is 31.6 Å². The van der Waals surface area contributed by atoms with Crippen molar-refractivity contribution in [3.05, 3.63) is 23.2 Å². The number of nitrogens with one attached hydrogen (secondary N) is 1. The molecule has 1 heterocycles. The van der Waals surface area contributed by atoms with Crippen LogP contribution in [-0.2, 0) is 11.2 Å². The summed E-state index contributed by atoms with van der Waals surface area (Å²) in [6, 6.07) is 0.247. The van der Waals surface area contributed by atoms with Crippen molar-refractivity contribution < 1.29 is 19.1 Å². The number of carboxylic acids is 1. The highest BCUT2D eigenvalue weighted by Gasteiger charge is 2.54. The van der Waals surface area contributed by atoms with Crippen LogP contribution in [0.1, 0.15) is 60.2 Å². The Kier molecular flexibility index (Phi) is 3.51. The molecule has 1 aromatic heterocycles. The Morgan fingerprint density at radius 1 is 1.38 bits per heavy atom. The first-order valence-electron chi connectivity index (χ1n) is 7.61. The van der Waals surface area contributed by atoms with E-state index in [0.717, 1.165) is 6.42 Å². The lowest BCUT2D eigenvalue weighted by atomic mass is 9.85. The van der Waals surface area contributed by atoms with Crippen LogP contribution in [-0.4, -0.2) is 23.0 Å². The number of furan rings is 1. The van der Waals surface area contributed by atoms with Gasteiger partial charge in [0.25, 0.3) is 5.91 Å². The van der Waals surface area contributed by atoms with E-state index >= 15 is 0 Å². The monoisotopic (exact) mass is 291 g/mol. The number of aliphatic carboxylic acids is 1. The van der Waals surface area contributed by atoms with E-state index in [2.05, 4.69) is 5.32 Å². The Labute approximate surface area is 123 Å². The first-order valence-corrected chi connectivity index (χ1v) is 7.61. The van der Waals surface area contributed by atoms with Gasteiger partial charge in [-0.25, -0.2) is 0 Å². The van der Waals surface area contributed by atoms with E-state index < -0.39 is 5.97 Å². The minimum absolute atomic E-state index is 0.190. The average Bonchev–Trinajstić information content (AvgIpc) is 2.92. The quantitative estimate of drug-likeness (QED) is 0.893. The van der Waals surface area contributed by atoms with Gasteiger partial charge in [-0.2, -0.15) is 0 Å². The SMILES string of the molecule is Cc1coc(CC(=O)O)c1C(=O)NC1CC12CCCCC2. The van der Waals surface area contributed by atoms with E-state index in [1.165, 1.54) is 38.4 Å². The number of carboxylic acid groups (broad SMARTS) is 1. The lowest BCUT2D eigenvalue weighted by Crippen LogP contribution is -2.31. The molecule has 2 fully saturated rings. The molecule has 1 aromatic rings. The molecule has 2 saturated carbocycles. The average molecular weight is 291 g/mol. The topological polar surface area (TPSA) is 79.5 Å². The van der Waals surface area contributed by atoms with E-state index in [1.807, 2.05) is 0 Å². The highest BCUT2D eigenvalue weighted by molar-refractivity contribution is 5.97. The second-order valence-corrected chi connectivity index (χ2v) is 6.44. The number of hydrogen-bond acceptors (Lipinski definition) is 3. The van der Waals surface area contributed by atoms with Crippen LogP contribution in [0.2, 0.25) is 0 Å². The van der Waals surface area contributed by atoms with E-state index in [9.17, 15) is 9.59 Å². The second kappa shape index (κ2) is 5.20. The summed E-state index contributed by atoms with van der Waals surface area (Å²) in [6.45, 7) is 1.77. The van der Waals surface area contributed by atoms with Gasteiger partial charge in [-0.15, -0.1) is 0 Å². The molecule has 0 bridgehead atoms. The van der Waals surface area contributed by atoms with Crippen molar-refractivity contribution >= 4 is 11.9 Å². The molecular formula is C16H21NO4. The molecule has 1 atom stereocenters. The molecule has 1 spiro atoms. The summed E-state index contributed by atoms with van der Waals surface area (Å²) in [6.07, 6.45) is 8.45. The Morgan fingerprint density at radius 3 is 2.76 bits per heavy atom. The molecule has 1 amide bonds. The third kappa shape index (κ3) is 2.69. The van der Waals surface area contributed by atoms with E-state index in [1.54, 1.807) is 6.92 Å². The fourth-order valence-corrected chi connectivity index (χ4v) is 3.66. The molecule has 114 valence electrons. The molecule has 0 aromatic carbocycles. The highest BCUT2D eigenvalue weighted by Crippen LogP contribution is 2.56. The number of aryl methyl sites for hydroxylation is 1. The van der Waals surface area contributed by atoms with Crippen molar-refractivity contribution in [1.29, 1.82) is 0 Å². The van der Waals surface area contributed by atoms with Gasteiger partial charge >= 0.3 is 5.97 Å². The first kappa shape index (κ1) is 14.2. The van der Waals surface area contributed by atoms with Gasteiger partial charge in [-0.1, -0.05) is 19.3 Å². The largest absolute Gasteiger partial charge is 0.481 e. The highest BCUT2D eigenvalue weighted by atomic mass is 16.4. The molecule has 5 heteroatoms. The molecule has 2 aliphatic carbocycles. The zero-order chi connectivity index (χ0) is 15.0. The fraction of sp³-hybridized carbons (Fsp3) is 0.625. The smallest absolute Gasteiger partial charge is 0.311 e. The van der Waals surface area contributed by atoms with Crippen molar-refractivity contribution in [3.63, 3.8) is 0 Å². The maximum Gasteiger partial charge on any atom is 0.311 e. The Balaban J connectivity index is 1.69. The lowest BCUT2D eigenvalue weighted by molar-refractivity contribution is -0.136. The zero-order valence-electron chi connectivity index (χ0n) is 12.3. The number of rotatable bonds is 4. The Bertz CT molecular complexity index is 569. The van der Waals surface area contributed by atoms with E-state index in [4.69, 9.17) is 9.52 Å². The second-order valence-electron chi connectivity index (χ2n) is 6.44. The Morgan fingerprint density at radius 2 is 2.10 bits per heavy atom. The summed E-state index contributed by atoms with van der Waals surface area (Å²) in [5.41, 5.74) is 1.41. The van der Waals surface area contributed by atoms with Gasteiger partial charge in [0.15, 0.2) is 0 Å². The van der Waals surface area contributed by atoms with Crippen molar-refractivity contribution in [2.75, 3.05) is 0 Å². The molecule has 0 saturated heterocycles. The number of carbonyl (C=O) groups is 2. The molecular weight excluding hydrogens is 270 g/mol. The molecule has 21 heavy (non-hydrogen) atoms. The number of hydrogen-bond donors (Lipinski definition) is 2. The minimum atomic E-state index is -0.992. The summed E-state index contributed by atoms with van der Waals surface area (Å²) in [5.74, 6) is -0.936. The molecule has 2 aliphatic rings. The normalized spacial score (nSPS) is 23.0. The maximum absolute atomic E-state index is 12.4. The van der Waals surface area contributed by atoms with Gasteiger partial charge in [0.1, 0.15) is 12.2 Å². The summed E-state index contributed by atoms with van der Waals surface area (Å²) in [7, 11) is 0. The molecule has 1 unspecified atom stereocenters. The number of amides is 1. The first-order chi connectivity index (χ1) is 10.0. The van der Waals surface area contributed by atoms with Crippen LogP contribution in [0.3, 0.4) is 0 Å². The van der Waals surface area contributed by atoms with Crippen molar-refractivity contribution in [2.24, 2.45) is 5.41 Å². The lowest BCUT2D eigenvalue weighted by Gasteiger charge is -2.22. The summed E-state index contributed by atoms with van der Waals surface area (Å²) in [5, 5.41) is 12.0. The molecule has 3 rings (SSSR count). The van der Waals surface area contributed by atoms with Crippen LogP contribution in [0.25, 0.3) is 0 Å². The van der Waals surface area contributed by atoms with Gasteiger partial charge in [-0.3, -0.25) is 9.59 Å². The summed E-state index contributed by atoms with van der Waals surface area (Å²) in [4.78, 5) is 23.3. The standard InChI is InChI=1S/C16H21NO4/c1-10-9-21-11(7-13(18)19)14(10)15(20)17-12-8-16(12)5-3-2-4-6-16/h9,12H,2-8H2,1H3,(H,17,20)(H,18,19). The van der Waals surface area contributed by atoms with Crippen LogP contribution in [0.15, 0.2) is 10.7 Å². The maximum atomic E-state index is 12.4. The summed E-state index contributed by atoms with van der Waals surface area (Å²) >= 11 is 0. The van der Waals surface area contributed by atoms with Gasteiger partial charge < -0.3 is 14.8 Å². The summed E-state index contributed by atoms with van der Waals surface area (Å²) < 4.78 is 5.22. The van der Waals surface area contributed by atoms with Gasteiger partial charge in [0.05, 0.1) is 11.8 Å². The Hall–Kier alpha value is -1.78. The minimum Gasteiger partial charge on any atom is -0.481 e. The van der Waals surface area contributed by atoms with Crippen LogP contribution in [0.4, 0.5) is 0 Å². The molecule has 2 N–H and O–H groups in total. The fourth-order valence-electron chi connectivity index (χ4n) is 3.66. The van der Waals surface area contributed by atoms with Gasteiger partial charge in [0.2, 0.25) is 0 Å². The third-order valence-corrected chi connectivity index (χ3v) is 4.93. The van der Waals surface area contributed by atoms with Crippen molar-refractivity contribution in [1.82, 2.24) is 5.32 Å². The van der Waals surface area contributed by atoms with Crippen molar-refractivity contribution in [2.45, 2.75) is 57.9 Å². The predicted octanol–water partition coefficient (Wildman–Crippen LogP) is 2.67. The zero-order valence-corrected chi connectivity index (χ0v) is 12.3. The van der Waals surface area contributed by atoms with Gasteiger partial charge in [0, 0.05) is 11.6 Å². The van der Waals surface area contributed by atoms with Crippen LogP contribution in [0, 0.1) is 12.3 Å². The third-order valence-electron chi connectivity index (χ3n) is 4.93. The van der Waals surface area contributed by atoms with E-state index in [-0.39, 0.29) is 24.1 Å². The molecule has 5 nitrogen and oxygen atoms in total. The molecule has 0 aliphatic heterocycles. The van der Waals surface area contributed by atoms with Crippen LogP contribution in [0.5, 0.6) is 0 Å². The molecule has 0 radical (unpaired) electrons.